The number of nitrogens with two attached hydrogens (primary N) is 1. The van der Waals surface area contributed by atoms with Gasteiger partial charge in [-0.15, -0.1) is 5.10 Å². The number of fused-ring (bicyclic) bond motifs is 1. The molecule has 0 bridgehead atoms. The average Bonchev–Trinajstić information content (AvgIpc) is 3.50. The molecule has 3 heterocycles. The molecule has 1 atom stereocenters. The predicted molar refractivity (Wildman–Crippen MR) is 122 cm³/mol. The molecule has 0 radical (unpaired) electrons. The van der Waals surface area contributed by atoms with E-state index in [1.807, 2.05) is 20.8 Å². The van der Waals surface area contributed by atoms with Crippen molar-refractivity contribution in [3.63, 3.8) is 0 Å². The number of anilines is 1. The second-order valence-corrected chi connectivity index (χ2v) is 9.08. The molecule has 2 aromatic heterocycles. The number of hydrogen-bond donors (Lipinski definition) is 3. The van der Waals surface area contributed by atoms with E-state index >= 15 is 0 Å². The van der Waals surface area contributed by atoms with Gasteiger partial charge in [-0.1, -0.05) is 13.8 Å². The molecule has 4 rings (SSSR count). The summed E-state index contributed by atoms with van der Waals surface area (Å²) in [4.78, 5) is 40.3. The summed E-state index contributed by atoms with van der Waals surface area (Å²) >= 11 is 0. The van der Waals surface area contributed by atoms with Gasteiger partial charge in [0, 0.05) is 25.2 Å². The molecular formula is C22H30N6O5. The summed E-state index contributed by atoms with van der Waals surface area (Å²) in [5.41, 5.74) is 5.54. The van der Waals surface area contributed by atoms with E-state index in [2.05, 4.69) is 10.4 Å². The topological polar surface area (TPSA) is 144 Å². The van der Waals surface area contributed by atoms with Crippen LogP contribution in [0.2, 0.25) is 0 Å². The highest BCUT2D eigenvalue weighted by Crippen LogP contribution is 2.27. The Morgan fingerprint density at radius 3 is 2.73 bits per heavy atom. The van der Waals surface area contributed by atoms with Crippen LogP contribution in [0.3, 0.4) is 0 Å². The normalized spacial score (nSPS) is 19.0. The molecule has 2 aliphatic rings. The molecule has 178 valence electrons. The molecule has 0 unspecified atom stereocenters. The molecule has 0 spiro atoms. The molecule has 1 aliphatic heterocycles. The first-order valence-electron chi connectivity index (χ1n) is 11.2. The third-order valence-electron chi connectivity index (χ3n) is 5.80. The SMILES string of the molecule is CC(C)Cn1c(O)c(C(=O)NC2CC2)c(=O)n2nc(N)c(/C=C/C(=O)N3CCOC[C@@H]3C)c12. The van der Waals surface area contributed by atoms with Gasteiger partial charge in [0.15, 0.2) is 17.0 Å². The molecule has 1 saturated heterocycles. The number of nitrogens with zero attached hydrogens (tertiary/aromatic N) is 4. The predicted octanol–water partition coefficient (Wildman–Crippen LogP) is 0.593. The Balaban J connectivity index is 1.80. The summed E-state index contributed by atoms with van der Waals surface area (Å²) in [6.45, 7) is 7.50. The fourth-order valence-electron chi connectivity index (χ4n) is 3.96. The summed E-state index contributed by atoms with van der Waals surface area (Å²) in [6, 6.07) is -0.0480. The van der Waals surface area contributed by atoms with E-state index in [1.54, 1.807) is 4.90 Å². The maximum absolute atomic E-state index is 13.1. The van der Waals surface area contributed by atoms with Gasteiger partial charge in [0.25, 0.3) is 11.5 Å². The van der Waals surface area contributed by atoms with Gasteiger partial charge in [-0.25, -0.2) is 0 Å². The molecule has 2 aromatic rings. The van der Waals surface area contributed by atoms with Crippen molar-refractivity contribution >= 4 is 29.4 Å². The summed E-state index contributed by atoms with van der Waals surface area (Å²) in [5, 5.41) is 17.9. The Labute approximate surface area is 190 Å². The zero-order chi connectivity index (χ0) is 23.9. The quantitative estimate of drug-likeness (QED) is 0.538. The fourth-order valence-corrected chi connectivity index (χ4v) is 3.96. The Bertz CT molecular complexity index is 1180. The van der Waals surface area contributed by atoms with Crippen LogP contribution >= 0.6 is 0 Å². The van der Waals surface area contributed by atoms with Crippen molar-refractivity contribution in [2.45, 2.75) is 52.2 Å². The first-order chi connectivity index (χ1) is 15.7. The molecule has 11 heteroatoms. The van der Waals surface area contributed by atoms with Crippen LogP contribution in [-0.4, -0.2) is 67.8 Å². The zero-order valence-electron chi connectivity index (χ0n) is 19.1. The number of rotatable bonds is 6. The van der Waals surface area contributed by atoms with E-state index in [1.165, 1.54) is 16.7 Å². The number of nitrogens with one attached hydrogen (secondary N) is 1. The second-order valence-electron chi connectivity index (χ2n) is 9.08. The van der Waals surface area contributed by atoms with Crippen molar-refractivity contribution in [1.29, 1.82) is 0 Å². The Kier molecular flexibility index (Phi) is 6.15. The highest BCUT2D eigenvalue weighted by Gasteiger charge is 2.30. The molecule has 11 nitrogen and oxygen atoms in total. The first kappa shape index (κ1) is 22.8. The van der Waals surface area contributed by atoms with Gasteiger partial charge < -0.3 is 25.8 Å². The maximum atomic E-state index is 13.1. The van der Waals surface area contributed by atoms with Crippen LogP contribution in [0.25, 0.3) is 11.7 Å². The summed E-state index contributed by atoms with van der Waals surface area (Å²) in [6.07, 6.45) is 4.56. The van der Waals surface area contributed by atoms with Gasteiger partial charge in [-0.2, -0.15) is 4.52 Å². The van der Waals surface area contributed by atoms with Crippen LogP contribution in [0, 0.1) is 5.92 Å². The van der Waals surface area contributed by atoms with E-state index < -0.39 is 17.3 Å². The number of hydrogen-bond acceptors (Lipinski definition) is 7. The lowest BCUT2D eigenvalue weighted by molar-refractivity contribution is -0.133. The number of nitrogen functional groups attached to an aromatic ring is 1. The molecule has 2 amide bonds. The monoisotopic (exact) mass is 458 g/mol. The van der Waals surface area contributed by atoms with Crippen LogP contribution in [0.4, 0.5) is 5.82 Å². The van der Waals surface area contributed by atoms with Crippen LogP contribution in [0.1, 0.15) is 49.5 Å². The number of morpholine rings is 1. The first-order valence-corrected chi connectivity index (χ1v) is 11.2. The highest BCUT2D eigenvalue weighted by atomic mass is 16.5. The van der Waals surface area contributed by atoms with Crippen molar-refractivity contribution < 1.29 is 19.4 Å². The molecule has 33 heavy (non-hydrogen) atoms. The summed E-state index contributed by atoms with van der Waals surface area (Å²) in [7, 11) is 0. The maximum Gasteiger partial charge on any atom is 0.291 e. The van der Waals surface area contributed by atoms with Gasteiger partial charge in [-0.05, 0) is 31.8 Å². The lowest BCUT2D eigenvalue weighted by Gasteiger charge is -2.32. The van der Waals surface area contributed by atoms with Gasteiger partial charge in [0.2, 0.25) is 11.8 Å². The summed E-state index contributed by atoms with van der Waals surface area (Å²) in [5.74, 6) is -1.20. The Morgan fingerprint density at radius 1 is 1.36 bits per heavy atom. The fraction of sp³-hybridized carbons (Fsp3) is 0.545. The van der Waals surface area contributed by atoms with Crippen molar-refractivity contribution in [3.05, 3.63) is 27.6 Å². The molecule has 1 aliphatic carbocycles. The van der Waals surface area contributed by atoms with Crippen LogP contribution in [0.15, 0.2) is 10.9 Å². The molecule has 1 saturated carbocycles. The van der Waals surface area contributed by atoms with E-state index in [-0.39, 0.29) is 40.9 Å². The highest BCUT2D eigenvalue weighted by molar-refractivity contribution is 5.97. The van der Waals surface area contributed by atoms with Crippen LogP contribution < -0.4 is 16.6 Å². The van der Waals surface area contributed by atoms with Crippen LogP contribution in [-0.2, 0) is 16.1 Å². The number of carbonyl (C=O) groups is 2. The largest absolute Gasteiger partial charge is 0.494 e. The van der Waals surface area contributed by atoms with Crippen molar-refractivity contribution in [2.75, 3.05) is 25.5 Å². The second kappa shape index (κ2) is 8.89. The molecule has 4 N–H and O–H groups in total. The smallest absolute Gasteiger partial charge is 0.291 e. The Hall–Kier alpha value is -3.34. The number of aromatic hydroxyl groups is 1. The van der Waals surface area contributed by atoms with Crippen molar-refractivity contribution in [2.24, 2.45) is 5.92 Å². The van der Waals surface area contributed by atoms with E-state index in [4.69, 9.17) is 10.5 Å². The van der Waals surface area contributed by atoms with E-state index in [0.717, 1.165) is 17.4 Å². The lowest BCUT2D eigenvalue weighted by Crippen LogP contribution is -2.46. The van der Waals surface area contributed by atoms with Crippen molar-refractivity contribution in [3.8, 4) is 5.88 Å². The number of aromatic nitrogens is 3. The van der Waals surface area contributed by atoms with E-state index in [9.17, 15) is 19.5 Å². The minimum Gasteiger partial charge on any atom is -0.494 e. The number of carbonyl (C=O) groups excluding carboxylic acids is 2. The van der Waals surface area contributed by atoms with Gasteiger partial charge in [0.05, 0.1) is 24.8 Å². The van der Waals surface area contributed by atoms with Crippen LogP contribution in [0.5, 0.6) is 5.88 Å². The zero-order valence-corrected chi connectivity index (χ0v) is 19.1. The number of ether oxygens (including phenoxy) is 1. The van der Waals surface area contributed by atoms with Gasteiger partial charge >= 0.3 is 0 Å². The van der Waals surface area contributed by atoms with Crippen molar-refractivity contribution in [1.82, 2.24) is 24.4 Å². The molecular weight excluding hydrogens is 428 g/mol. The van der Waals surface area contributed by atoms with Gasteiger partial charge in [0.1, 0.15) is 0 Å². The lowest BCUT2D eigenvalue weighted by atomic mass is 10.2. The Morgan fingerprint density at radius 2 is 2.09 bits per heavy atom. The molecule has 0 aromatic carbocycles. The number of amides is 2. The van der Waals surface area contributed by atoms with E-state index in [0.29, 0.717) is 31.9 Å². The molecule has 2 fully saturated rings. The minimum absolute atomic E-state index is 0.0142. The third-order valence-corrected chi connectivity index (χ3v) is 5.80. The third kappa shape index (κ3) is 4.45. The average molecular weight is 459 g/mol. The van der Waals surface area contributed by atoms with Gasteiger partial charge in [-0.3, -0.25) is 19.0 Å². The summed E-state index contributed by atoms with van der Waals surface area (Å²) < 4.78 is 7.86. The standard InChI is InChI=1S/C22H30N6O5/c1-12(2)10-27-20-15(6-7-16(29)26-8-9-33-11-13(26)3)18(23)25-28(20)22(32)17(21(27)31)19(30)24-14-4-5-14/h6-7,12-14,31H,4-5,8-11H2,1-3H3,(H2,23,25)(H,24,30)/b7-6+/t13-/m0/s1. The minimum atomic E-state index is -0.764.